The van der Waals surface area contributed by atoms with Crippen molar-refractivity contribution in [3.63, 3.8) is 0 Å². The van der Waals surface area contributed by atoms with Gasteiger partial charge in [-0.25, -0.2) is 9.79 Å². The maximum atomic E-state index is 13.8. The SMILES string of the molecule is CCOC(=O)C1=C(C)N=c2s/c(=C\c3ccc(C)c(OC)c3)c(=O)n2[C@@H]1c1ccc(OC)c(OC)c1. The van der Waals surface area contributed by atoms with Crippen molar-refractivity contribution in [3.8, 4) is 17.2 Å². The molecule has 0 saturated carbocycles. The Hall–Kier alpha value is -3.85. The molecule has 36 heavy (non-hydrogen) atoms. The second kappa shape index (κ2) is 10.4. The highest BCUT2D eigenvalue weighted by molar-refractivity contribution is 7.07. The third-order valence-electron chi connectivity index (χ3n) is 5.97. The number of carbonyl (C=O) groups is 1. The predicted molar refractivity (Wildman–Crippen MR) is 138 cm³/mol. The Balaban J connectivity index is 1.96. The van der Waals surface area contributed by atoms with Crippen molar-refractivity contribution < 1.29 is 23.7 Å². The van der Waals surface area contributed by atoms with E-state index in [1.54, 1.807) is 50.8 Å². The molecule has 3 aromatic rings. The summed E-state index contributed by atoms with van der Waals surface area (Å²) in [6.45, 7) is 5.65. The van der Waals surface area contributed by atoms with Crippen LogP contribution in [-0.4, -0.2) is 38.5 Å². The van der Waals surface area contributed by atoms with Crippen LogP contribution in [-0.2, 0) is 9.53 Å². The Kier molecular flexibility index (Phi) is 7.30. The number of nitrogens with zero attached hydrogens (tertiary/aromatic N) is 2. The molecule has 0 radical (unpaired) electrons. The van der Waals surface area contributed by atoms with Crippen LogP contribution in [0.4, 0.5) is 0 Å². The van der Waals surface area contributed by atoms with Crippen molar-refractivity contribution in [2.75, 3.05) is 27.9 Å². The van der Waals surface area contributed by atoms with Gasteiger partial charge in [0.25, 0.3) is 5.56 Å². The van der Waals surface area contributed by atoms with Gasteiger partial charge < -0.3 is 18.9 Å². The molecule has 0 spiro atoms. The first-order chi connectivity index (χ1) is 17.3. The summed E-state index contributed by atoms with van der Waals surface area (Å²) in [6.07, 6.45) is 1.81. The molecule has 1 atom stereocenters. The molecule has 8 nitrogen and oxygen atoms in total. The first-order valence-corrected chi connectivity index (χ1v) is 12.2. The fraction of sp³-hybridized carbons (Fsp3) is 0.296. The molecule has 0 bridgehead atoms. The number of hydrogen-bond acceptors (Lipinski definition) is 8. The number of thiazole rings is 1. The number of aromatic nitrogens is 1. The molecule has 1 aromatic heterocycles. The fourth-order valence-electron chi connectivity index (χ4n) is 4.21. The third kappa shape index (κ3) is 4.54. The second-order valence-corrected chi connectivity index (χ2v) is 9.15. The quantitative estimate of drug-likeness (QED) is 0.456. The van der Waals surface area contributed by atoms with E-state index < -0.39 is 12.0 Å². The van der Waals surface area contributed by atoms with Gasteiger partial charge in [-0.15, -0.1) is 0 Å². The lowest BCUT2D eigenvalue weighted by Crippen LogP contribution is -2.39. The summed E-state index contributed by atoms with van der Waals surface area (Å²) >= 11 is 1.27. The topological polar surface area (TPSA) is 88.4 Å². The van der Waals surface area contributed by atoms with Crippen molar-refractivity contribution in [1.29, 1.82) is 0 Å². The molecule has 0 unspecified atom stereocenters. The van der Waals surface area contributed by atoms with E-state index >= 15 is 0 Å². The van der Waals surface area contributed by atoms with Crippen LogP contribution in [0.5, 0.6) is 17.2 Å². The number of allylic oxidation sites excluding steroid dienone is 1. The van der Waals surface area contributed by atoms with E-state index in [1.165, 1.54) is 18.4 Å². The number of fused-ring (bicyclic) bond motifs is 1. The molecule has 0 amide bonds. The number of rotatable bonds is 7. The highest BCUT2D eigenvalue weighted by atomic mass is 32.1. The molecule has 0 fully saturated rings. The van der Waals surface area contributed by atoms with Crippen molar-refractivity contribution in [3.05, 3.63) is 84.0 Å². The molecule has 188 valence electrons. The Morgan fingerprint density at radius 2 is 1.75 bits per heavy atom. The summed E-state index contributed by atoms with van der Waals surface area (Å²) in [7, 11) is 4.70. The van der Waals surface area contributed by atoms with Gasteiger partial charge in [-0.3, -0.25) is 9.36 Å². The summed E-state index contributed by atoms with van der Waals surface area (Å²) in [4.78, 5) is 31.9. The largest absolute Gasteiger partial charge is 0.496 e. The molecule has 1 aliphatic heterocycles. The lowest BCUT2D eigenvalue weighted by molar-refractivity contribution is -0.139. The molecular formula is C27H28N2O6S. The first-order valence-electron chi connectivity index (χ1n) is 11.4. The average Bonchev–Trinajstić information content (AvgIpc) is 3.18. The average molecular weight is 509 g/mol. The number of hydrogen-bond donors (Lipinski definition) is 0. The molecule has 1 aliphatic rings. The third-order valence-corrected chi connectivity index (χ3v) is 6.95. The fourth-order valence-corrected chi connectivity index (χ4v) is 5.25. The number of esters is 1. The molecular weight excluding hydrogens is 480 g/mol. The highest BCUT2D eigenvalue weighted by Gasteiger charge is 2.33. The van der Waals surface area contributed by atoms with Gasteiger partial charge in [0.15, 0.2) is 16.3 Å². The van der Waals surface area contributed by atoms with Crippen molar-refractivity contribution in [1.82, 2.24) is 4.57 Å². The van der Waals surface area contributed by atoms with Crippen LogP contribution >= 0.6 is 11.3 Å². The minimum absolute atomic E-state index is 0.202. The summed E-state index contributed by atoms with van der Waals surface area (Å²) in [5.74, 6) is 1.25. The lowest BCUT2D eigenvalue weighted by Gasteiger charge is -2.25. The van der Waals surface area contributed by atoms with Crippen LogP contribution in [0.15, 0.2) is 57.5 Å². The van der Waals surface area contributed by atoms with Crippen LogP contribution in [0.2, 0.25) is 0 Å². The zero-order valence-corrected chi connectivity index (χ0v) is 21.9. The zero-order valence-electron chi connectivity index (χ0n) is 21.1. The summed E-state index contributed by atoms with van der Waals surface area (Å²) in [5, 5.41) is 0. The number of benzene rings is 2. The summed E-state index contributed by atoms with van der Waals surface area (Å²) < 4.78 is 23.7. The monoisotopic (exact) mass is 508 g/mol. The van der Waals surface area contributed by atoms with Crippen LogP contribution in [0.3, 0.4) is 0 Å². The molecule has 0 saturated heterocycles. The minimum atomic E-state index is -0.741. The van der Waals surface area contributed by atoms with E-state index in [0.29, 0.717) is 37.7 Å². The minimum Gasteiger partial charge on any atom is -0.496 e. The van der Waals surface area contributed by atoms with Gasteiger partial charge in [0.1, 0.15) is 5.75 Å². The Morgan fingerprint density at radius 1 is 1.03 bits per heavy atom. The van der Waals surface area contributed by atoms with Crippen molar-refractivity contribution in [2.24, 2.45) is 4.99 Å². The standard InChI is InChI=1S/C27H28N2O6S/c1-7-35-26(31)23-16(3)28-27-29(24(23)18-10-11-19(32-4)21(14-18)34-6)25(30)22(36-27)13-17-9-8-15(2)20(12-17)33-5/h8-14,24H,7H2,1-6H3/b22-13-/t24-/m1/s1. The predicted octanol–water partition coefficient (Wildman–Crippen LogP) is 3.13. The molecule has 2 aromatic carbocycles. The number of ether oxygens (including phenoxy) is 4. The molecule has 4 rings (SSSR count). The van der Waals surface area contributed by atoms with Crippen LogP contribution in [0.25, 0.3) is 6.08 Å². The molecule has 2 heterocycles. The van der Waals surface area contributed by atoms with Crippen LogP contribution in [0.1, 0.15) is 36.6 Å². The maximum Gasteiger partial charge on any atom is 0.338 e. The van der Waals surface area contributed by atoms with Gasteiger partial charge >= 0.3 is 5.97 Å². The Bertz CT molecular complexity index is 1530. The second-order valence-electron chi connectivity index (χ2n) is 8.15. The number of aryl methyl sites for hydroxylation is 1. The maximum absolute atomic E-state index is 13.8. The van der Waals surface area contributed by atoms with E-state index in [-0.39, 0.29) is 12.2 Å². The van der Waals surface area contributed by atoms with Crippen LogP contribution < -0.4 is 29.1 Å². The Labute approximate surface area is 212 Å². The van der Waals surface area contributed by atoms with Crippen molar-refractivity contribution in [2.45, 2.75) is 26.8 Å². The van der Waals surface area contributed by atoms with E-state index in [4.69, 9.17) is 18.9 Å². The molecule has 0 aliphatic carbocycles. The van der Waals surface area contributed by atoms with Gasteiger partial charge in [-0.2, -0.15) is 0 Å². The zero-order chi connectivity index (χ0) is 26.0. The van der Waals surface area contributed by atoms with E-state index in [0.717, 1.165) is 16.9 Å². The summed E-state index contributed by atoms with van der Waals surface area (Å²) in [6, 6.07) is 10.3. The first kappa shape index (κ1) is 25.2. The van der Waals surface area contributed by atoms with E-state index in [1.807, 2.05) is 31.2 Å². The van der Waals surface area contributed by atoms with Gasteiger partial charge in [0.2, 0.25) is 0 Å². The van der Waals surface area contributed by atoms with Crippen molar-refractivity contribution >= 4 is 23.4 Å². The Morgan fingerprint density at radius 3 is 2.42 bits per heavy atom. The molecule has 0 N–H and O–H groups in total. The number of methoxy groups -OCH3 is 3. The summed E-state index contributed by atoms with van der Waals surface area (Å²) in [5.41, 5.74) is 3.05. The van der Waals surface area contributed by atoms with Gasteiger partial charge in [-0.1, -0.05) is 29.5 Å². The number of carbonyl (C=O) groups excluding carboxylic acids is 1. The highest BCUT2D eigenvalue weighted by Crippen LogP contribution is 2.36. The van der Waals surface area contributed by atoms with Gasteiger partial charge in [0, 0.05) is 0 Å². The lowest BCUT2D eigenvalue weighted by atomic mass is 9.95. The molecule has 9 heteroatoms. The van der Waals surface area contributed by atoms with Gasteiger partial charge in [-0.05, 0) is 61.7 Å². The smallest absolute Gasteiger partial charge is 0.338 e. The van der Waals surface area contributed by atoms with Gasteiger partial charge in [0.05, 0.1) is 49.8 Å². The normalized spacial score (nSPS) is 15.3. The van der Waals surface area contributed by atoms with Crippen LogP contribution in [0, 0.1) is 6.92 Å². The van der Waals surface area contributed by atoms with E-state index in [9.17, 15) is 9.59 Å². The van der Waals surface area contributed by atoms with E-state index in [2.05, 4.69) is 4.99 Å².